The zero-order chi connectivity index (χ0) is 26.8. The van der Waals surface area contributed by atoms with Gasteiger partial charge in [-0.2, -0.15) is 5.26 Å². The molecule has 2 aliphatic rings. The number of benzene rings is 1. The van der Waals surface area contributed by atoms with E-state index < -0.39 is 36.1 Å². The van der Waals surface area contributed by atoms with Gasteiger partial charge in [0.2, 0.25) is 0 Å². The van der Waals surface area contributed by atoms with Gasteiger partial charge < -0.3 is 18.9 Å². The summed E-state index contributed by atoms with van der Waals surface area (Å²) in [6, 6.07) is 13.2. The molecule has 3 aromatic heterocycles. The van der Waals surface area contributed by atoms with Gasteiger partial charge in [-0.25, -0.2) is 14.6 Å². The van der Waals surface area contributed by atoms with Crippen LogP contribution in [-0.4, -0.2) is 61.9 Å². The molecule has 0 spiro atoms. The van der Waals surface area contributed by atoms with Crippen LogP contribution in [0.4, 0.5) is 0 Å². The molecule has 0 N–H and O–H groups in total. The van der Waals surface area contributed by atoms with Crippen LogP contribution in [-0.2, 0) is 18.9 Å². The minimum Gasteiger partial charge on any atom is -0.373 e. The SMILES string of the molecule is CCOC1C(Sc2cc(Cl)cnc2C#N)OC2COC(c3ccccc3)OC2C1n1cc(-c2nccs2)nn1. The van der Waals surface area contributed by atoms with Crippen molar-refractivity contribution in [3.63, 3.8) is 0 Å². The molecular formula is C26H23ClN6O4S2. The molecule has 0 saturated carbocycles. The molecule has 2 aliphatic heterocycles. The summed E-state index contributed by atoms with van der Waals surface area (Å²) >= 11 is 9.05. The van der Waals surface area contributed by atoms with Crippen LogP contribution in [0, 0.1) is 11.3 Å². The summed E-state index contributed by atoms with van der Waals surface area (Å²) in [6.45, 7) is 2.64. The maximum Gasteiger partial charge on any atom is 0.184 e. The summed E-state index contributed by atoms with van der Waals surface area (Å²) in [4.78, 5) is 9.14. The van der Waals surface area contributed by atoms with E-state index in [9.17, 15) is 5.26 Å². The fraction of sp³-hybridized carbons (Fsp3) is 0.346. The largest absolute Gasteiger partial charge is 0.373 e. The van der Waals surface area contributed by atoms with Gasteiger partial charge in [-0.15, -0.1) is 16.4 Å². The summed E-state index contributed by atoms with van der Waals surface area (Å²) in [5.74, 6) is 0. The Labute approximate surface area is 237 Å². The molecule has 6 rings (SSSR count). The van der Waals surface area contributed by atoms with Crippen LogP contribution in [0.15, 0.2) is 65.3 Å². The number of fused-ring (bicyclic) bond motifs is 1. The third kappa shape index (κ3) is 5.44. The molecule has 200 valence electrons. The predicted molar refractivity (Wildman–Crippen MR) is 144 cm³/mol. The maximum atomic E-state index is 9.65. The molecule has 0 radical (unpaired) electrons. The van der Waals surface area contributed by atoms with E-state index in [-0.39, 0.29) is 5.69 Å². The third-order valence-electron chi connectivity index (χ3n) is 6.38. The summed E-state index contributed by atoms with van der Waals surface area (Å²) in [6.07, 6.45) is 3.05. The van der Waals surface area contributed by atoms with E-state index in [0.717, 1.165) is 10.6 Å². The first-order chi connectivity index (χ1) is 19.1. The van der Waals surface area contributed by atoms with Gasteiger partial charge in [-0.1, -0.05) is 58.9 Å². The lowest BCUT2D eigenvalue weighted by atomic mass is 9.95. The summed E-state index contributed by atoms with van der Waals surface area (Å²) in [5, 5.41) is 21.6. The fourth-order valence-corrected chi connectivity index (χ4v) is 6.74. The van der Waals surface area contributed by atoms with Gasteiger partial charge in [0.15, 0.2) is 12.0 Å². The van der Waals surface area contributed by atoms with Gasteiger partial charge in [0, 0.05) is 34.8 Å². The Balaban J connectivity index is 1.38. The number of nitriles is 1. The predicted octanol–water partition coefficient (Wildman–Crippen LogP) is 4.90. The molecule has 0 amide bonds. The van der Waals surface area contributed by atoms with Crippen LogP contribution in [0.2, 0.25) is 5.02 Å². The number of aromatic nitrogens is 5. The number of hydrogen-bond acceptors (Lipinski definition) is 11. The number of hydrogen-bond donors (Lipinski definition) is 0. The molecule has 6 unspecified atom stereocenters. The van der Waals surface area contributed by atoms with Gasteiger partial charge in [0.1, 0.15) is 46.6 Å². The Bertz CT molecular complexity index is 1450. The number of thiazole rings is 1. The highest BCUT2D eigenvalue weighted by atomic mass is 35.5. The van der Waals surface area contributed by atoms with Crippen molar-refractivity contribution in [2.45, 2.75) is 47.9 Å². The second-order valence-corrected chi connectivity index (χ2v) is 11.3. The van der Waals surface area contributed by atoms with E-state index in [1.807, 2.05) is 48.8 Å². The van der Waals surface area contributed by atoms with Gasteiger partial charge in [-0.05, 0) is 13.0 Å². The van der Waals surface area contributed by atoms with Crippen molar-refractivity contribution in [3.05, 3.63) is 76.6 Å². The topological polar surface area (TPSA) is 117 Å². The number of thioether (sulfide) groups is 1. The van der Waals surface area contributed by atoms with E-state index in [2.05, 4.69) is 26.3 Å². The molecule has 2 fully saturated rings. The van der Waals surface area contributed by atoms with Crippen LogP contribution < -0.4 is 0 Å². The monoisotopic (exact) mass is 582 g/mol. The van der Waals surface area contributed by atoms with Crippen molar-refractivity contribution in [2.24, 2.45) is 0 Å². The van der Waals surface area contributed by atoms with Crippen LogP contribution in [0.1, 0.15) is 30.5 Å². The molecule has 4 aromatic rings. The van der Waals surface area contributed by atoms with Crippen molar-refractivity contribution < 1.29 is 18.9 Å². The van der Waals surface area contributed by atoms with Crippen molar-refractivity contribution >= 4 is 34.7 Å². The normalized spacial score (nSPS) is 26.6. The standard InChI is InChI=1S/C26H23ClN6O4S2/c1-2-34-23-21(33-13-18(31-32-33)24-29-8-9-38-24)22-19(14-35-25(37-22)15-6-4-3-5-7-15)36-26(23)39-20-10-16(27)12-30-17(20)11-28/h3-10,12-13,19,21-23,25-26H,2,14H2,1H3. The van der Waals surface area contributed by atoms with Crippen LogP contribution in [0.5, 0.6) is 0 Å². The second kappa shape index (κ2) is 11.7. The first kappa shape index (κ1) is 26.3. The zero-order valence-corrected chi connectivity index (χ0v) is 23.1. The Kier molecular flexibility index (Phi) is 7.90. The van der Waals surface area contributed by atoms with E-state index in [4.69, 9.17) is 30.5 Å². The third-order valence-corrected chi connectivity index (χ3v) is 8.55. The lowest BCUT2D eigenvalue weighted by molar-refractivity contribution is -0.309. The maximum absolute atomic E-state index is 9.65. The average molecular weight is 583 g/mol. The molecule has 0 aliphatic carbocycles. The van der Waals surface area contributed by atoms with Crippen LogP contribution in [0.25, 0.3) is 10.7 Å². The Morgan fingerprint density at radius 2 is 2.13 bits per heavy atom. The highest BCUT2D eigenvalue weighted by molar-refractivity contribution is 7.99. The first-order valence-corrected chi connectivity index (χ1v) is 14.4. The van der Waals surface area contributed by atoms with E-state index >= 15 is 0 Å². The van der Waals surface area contributed by atoms with Gasteiger partial charge in [0.05, 0.1) is 17.8 Å². The molecule has 2 saturated heterocycles. The fourth-order valence-electron chi connectivity index (χ4n) is 4.70. The number of halogens is 1. The number of nitrogens with zero attached hydrogens (tertiary/aromatic N) is 6. The average Bonchev–Trinajstić information content (AvgIpc) is 3.67. The van der Waals surface area contributed by atoms with E-state index in [1.54, 1.807) is 16.9 Å². The quantitative estimate of drug-likeness (QED) is 0.298. The molecular weight excluding hydrogens is 560 g/mol. The van der Waals surface area contributed by atoms with Crippen LogP contribution in [0.3, 0.4) is 0 Å². The molecule has 5 heterocycles. The van der Waals surface area contributed by atoms with E-state index in [0.29, 0.717) is 28.8 Å². The van der Waals surface area contributed by atoms with Gasteiger partial charge in [0.25, 0.3) is 0 Å². The summed E-state index contributed by atoms with van der Waals surface area (Å²) in [5.41, 5.74) is 1.28. The Morgan fingerprint density at radius 3 is 2.90 bits per heavy atom. The molecule has 10 nitrogen and oxygen atoms in total. The molecule has 39 heavy (non-hydrogen) atoms. The van der Waals surface area contributed by atoms with Gasteiger partial charge in [-0.3, -0.25) is 0 Å². The molecule has 0 bridgehead atoms. The highest BCUT2D eigenvalue weighted by Gasteiger charge is 2.52. The Hall–Kier alpha value is -2.89. The number of rotatable bonds is 7. The number of pyridine rings is 1. The minimum absolute atomic E-state index is 0.258. The molecule has 13 heteroatoms. The molecule has 1 aromatic carbocycles. The highest BCUT2D eigenvalue weighted by Crippen LogP contribution is 2.45. The van der Waals surface area contributed by atoms with Crippen molar-refractivity contribution in [1.82, 2.24) is 25.0 Å². The lowest BCUT2D eigenvalue weighted by Gasteiger charge is -2.49. The second-order valence-electron chi connectivity index (χ2n) is 8.78. The lowest BCUT2D eigenvalue weighted by Crippen LogP contribution is -2.59. The zero-order valence-electron chi connectivity index (χ0n) is 20.7. The van der Waals surface area contributed by atoms with Gasteiger partial charge >= 0.3 is 0 Å². The molecule has 6 atom stereocenters. The summed E-state index contributed by atoms with van der Waals surface area (Å²) < 4.78 is 27.3. The van der Waals surface area contributed by atoms with Crippen molar-refractivity contribution in [3.8, 4) is 16.8 Å². The van der Waals surface area contributed by atoms with Crippen molar-refractivity contribution in [1.29, 1.82) is 5.26 Å². The smallest absolute Gasteiger partial charge is 0.184 e. The minimum atomic E-state index is -0.575. The van der Waals surface area contributed by atoms with E-state index in [1.165, 1.54) is 29.3 Å². The van der Waals surface area contributed by atoms with Crippen molar-refractivity contribution in [2.75, 3.05) is 13.2 Å². The summed E-state index contributed by atoms with van der Waals surface area (Å²) in [7, 11) is 0. The number of ether oxygens (including phenoxy) is 4. The first-order valence-electron chi connectivity index (χ1n) is 12.3. The Morgan fingerprint density at radius 1 is 1.26 bits per heavy atom. The van der Waals surface area contributed by atoms with Crippen LogP contribution >= 0.6 is 34.7 Å².